The maximum atomic E-state index is 4.45. The molecule has 2 rings (SSSR count). The van der Waals surface area contributed by atoms with E-state index in [9.17, 15) is 0 Å². The fourth-order valence-corrected chi connectivity index (χ4v) is 2.58. The van der Waals surface area contributed by atoms with E-state index in [-0.39, 0.29) is 0 Å². The SMILES string of the molecule is CC(C)C1CCN(c2ccc(Br)cn2)CC1. The average Bonchev–Trinajstić information content (AvgIpc) is 2.30. The number of pyridine rings is 1. The van der Waals surface area contributed by atoms with Gasteiger partial charge in [0.05, 0.1) is 0 Å². The summed E-state index contributed by atoms with van der Waals surface area (Å²) in [7, 11) is 0. The van der Waals surface area contributed by atoms with Gasteiger partial charge in [-0.25, -0.2) is 4.98 Å². The summed E-state index contributed by atoms with van der Waals surface area (Å²) in [5.74, 6) is 2.83. The lowest BCUT2D eigenvalue weighted by Crippen LogP contribution is -2.35. The van der Waals surface area contributed by atoms with Crippen LogP contribution < -0.4 is 4.90 Å². The zero-order chi connectivity index (χ0) is 11.5. The van der Waals surface area contributed by atoms with E-state index in [4.69, 9.17) is 0 Å². The van der Waals surface area contributed by atoms with Gasteiger partial charge in [-0.05, 0) is 52.7 Å². The minimum Gasteiger partial charge on any atom is -0.357 e. The summed E-state index contributed by atoms with van der Waals surface area (Å²) in [6.07, 6.45) is 4.48. The van der Waals surface area contributed by atoms with E-state index in [0.29, 0.717) is 0 Å². The summed E-state index contributed by atoms with van der Waals surface area (Å²) in [5, 5.41) is 0. The molecule has 0 amide bonds. The van der Waals surface area contributed by atoms with Crippen molar-refractivity contribution in [2.75, 3.05) is 18.0 Å². The molecular weight excluding hydrogens is 264 g/mol. The number of aromatic nitrogens is 1. The molecule has 0 radical (unpaired) electrons. The van der Waals surface area contributed by atoms with Crippen LogP contribution in [0.5, 0.6) is 0 Å². The second-order valence-electron chi connectivity index (χ2n) is 4.90. The lowest BCUT2D eigenvalue weighted by Gasteiger charge is -2.34. The number of piperidine rings is 1. The van der Waals surface area contributed by atoms with Crippen molar-refractivity contribution in [2.24, 2.45) is 11.8 Å². The zero-order valence-corrected chi connectivity index (χ0v) is 11.6. The number of nitrogens with zero attached hydrogens (tertiary/aromatic N) is 2. The second-order valence-corrected chi connectivity index (χ2v) is 5.82. The lowest BCUT2D eigenvalue weighted by molar-refractivity contribution is 0.310. The molecule has 88 valence electrons. The molecule has 1 fully saturated rings. The Balaban J connectivity index is 1.96. The predicted molar refractivity (Wildman–Crippen MR) is 71.7 cm³/mol. The van der Waals surface area contributed by atoms with Crippen LogP contribution in [0.2, 0.25) is 0 Å². The van der Waals surface area contributed by atoms with Crippen molar-refractivity contribution in [3.05, 3.63) is 22.8 Å². The minimum absolute atomic E-state index is 0.819. The Morgan fingerprint density at radius 1 is 1.31 bits per heavy atom. The van der Waals surface area contributed by atoms with Gasteiger partial charge in [-0.1, -0.05) is 13.8 Å². The van der Waals surface area contributed by atoms with Crippen LogP contribution in [0, 0.1) is 11.8 Å². The monoisotopic (exact) mass is 282 g/mol. The van der Waals surface area contributed by atoms with E-state index in [1.807, 2.05) is 6.20 Å². The number of anilines is 1. The third-order valence-corrected chi connectivity index (χ3v) is 3.99. The molecule has 0 saturated carbocycles. The molecule has 0 aliphatic carbocycles. The van der Waals surface area contributed by atoms with Gasteiger partial charge in [-0.2, -0.15) is 0 Å². The van der Waals surface area contributed by atoms with Gasteiger partial charge in [0.2, 0.25) is 0 Å². The van der Waals surface area contributed by atoms with Gasteiger partial charge >= 0.3 is 0 Å². The molecule has 1 aliphatic heterocycles. The van der Waals surface area contributed by atoms with E-state index >= 15 is 0 Å². The van der Waals surface area contributed by atoms with Crippen molar-refractivity contribution in [3.8, 4) is 0 Å². The van der Waals surface area contributed by atoms with Gasteiger partial charge in [0.1, 0.15) is 5.82 Å². The fourth-order valence-electron chi connectivity index (χ4n) is 2.35. The van der Waals surface area contributed by atoms with Gasteiger partial charge in [0.15, 0.2) is 0 Å². The third-order valence-electron chi connectivity index (χ3n) is 3.52. The molecule has 0 aromatic carbocycles. The van der Waals surface area contributed by atoms with Crippen molar-refractivity contribution >= 4 is 21.7 Å². The molecule has 0 unspecified atom stereocenters. The highest BCUT2D eigenvalue weighted by atomic mass is 79.9. The second kappa shape index (κ2) is 5.17. The summed E-state index contributed by atoms with van der Waals surface area (Å²) in [6.45, 7) is 6.96. The third kappa shape index (κ3) is 2.76. The smallest absolute Gasteiger partial charge is 0.128 e. The highest BCUT2D eigenvalue weighted by Gasteiger charge is 2.21. The summed E-state index contributed by atoms with van der Waals surface area (Å²) in [6, 6.07) is 4.16. The minimum atomic E-state index is 0.819. The number of rotatable bonds is 2. The number of hydrogen-bond acceptors (Lipinski definition) is 2. The Bertz CT molecular complexity index is 326. The first kappa shape index (κ1) is 11.9. The maximum Gasteiger partial charge on any atom is 0.128 e. The van der Waals surface area contributed by atoms with Crippen molar-refractivity contribution < 1.29 is 0 Å². The van der Waals surface area contributed by atoms with Gasteiger partial charge in [-0.3, -0.25) is 0 Å². The Labute approximate surface area is 106 Å². The molecule has 0 spiro atoms. The van der Waals surface area contributed by atoms with Gasteiger partial charge in [0, 0.05) is 23.8 Å². The van der Waals surface area contributed by atoms with E-state index in [0.717, 1.165) is 35.2 Å². The van der Waals surface area contributed by atoms with Crippen molar-refractivity contribution in [2.45, 2.75) is 26.7 Å². The van der Waals surface area contributed by atoms with E-state index in [2.05, 4.69) is 51.8 Å². The average molecular weight is 283 g/mol. The quantitative estimate of drug-likeness (QED) is 0.822. The van der Waals surface area contributed by atoms with E-state index < -0.39 is 0 Å². The Kier molecular flexibility index (Phi) is 3.85. The van der Waals surface area contributed by atoms with Crippen molar-refractivity contribution in [1.82, 2.24) is 4.98 Å². The molecule has 16 heavy (non-hydrogen) atoms. The molecule has 0 bridgehead atoms. The first-order chi connectivity index (χ1) is 7.66. The van der Waals surface area contributed by atoms with Gasteiger partial charge in [-0.15, -0.1) is 0 Å². The molecule has 0 N–H and O–H groups in total. The van der Waals surface area contributed by atoms with Crippen LogP contribution in [0.15, 0.2) is 22.8 Å². The largest absolute Gasteiger partial charge is 0.357 e. The van der Waals surface area contributed by atoms with Crippen molar-refractivity contribution in [1.29, 1.82) is 0 Å². The van der Waals surface area contributed by atoms with Gasteiger partial charge in [0.25, 0.3) is 0 Å². The summed E-state index contributed by atoms with van der Waals surface area (Å²) >= 11 is 3.42. The first-order valence-electron chi connectivity index (χ1n) is 6.03. The molecule has 1 aromatic rings. The van der Waals surface area contributed by atoms with Gasteiger partial charge < -0.3 is 4.90 Å². The fraction of sp³-hybridized carbons (Fsp3) is 0.615. The molecule has 2 nitrogen and oxygen atoms in total. The van der Waals surface area contributed by atoms with Crippen LogP contribution >= 0.6 is 15.9 Å². The molecular formula is C13H19BrN2. The number of hydrogen-bond donors (Lipinski definition) is 0. The topological polar surface area (TPSA) is 16.1 Å². The van der Waals surface area contributed by atoms with Crippen LogP contribution in [-0.2, 0) is 0 Å². The summed E-state index contributed by atoms with van der Waals surface area (Å²) in [5.41, 5.74) is 0. The Morgan fingerprint density at radius 3 is 2.50 bits per heavy atom. The van der Waals surface area contributed by atoms with Crippen molar-refractivity contribution in [3.63, 3.8) is 0 Å². The molecule has 1 aliphatic rings. The highest BCUT2D eigenvalue weighted by Crippen LogP contribution is 2.27. The van der Waals surface area contributed by atoms with Crippen LogP contribution in [-0.4, -0.2) is 18.1 Å². The summed E-state index contributed by atoms with van der Waals surface area (Å²) < 4.78 is 1.05. The standard InChI is InChI=1S/C13H19BrN2/c1-10(2)11-5-7-16(8-6-11)13-4-3-12(14)9-15-13/h3-4,9-11H,5-8H2,1-2H3. The van der Waals surface area contributed by atoms with Crippen LogP contribution in [0.25, 0.3) is 0 Å². The lowest BCUT2D eigenvalue weighted by atomic mass is 9.87. The van der Waals surface area contributed by atoms with E-state index in [1.165, 1.54) is 12.8 Å². The normalized spacial score (nSPS) is 18.1. The van der Waals surface area contributed by atoms with Crippen LogP contribution in [0.3, 0.4) is 0 Å². The Hall–Kier alpha value is -0.570. The molecule has 2 heterocycles. The van der Waals surface area contributed by atoms with E-state index in [1.54, 1.807) is 0 Å². The predicted octanol–water partition coefficient (Wildman–Crippen LogP) is 3.72. The number of halogens is 1. The molecule has 1 aromatic heterocycles. The zero-order valence-electron chi connectivity index (χ0n) is 9.99. The summed E-state index contributed by atoms with van der Waals surface area (Å²) in [4.78, 5) is 6.85. The highest BCUT2D eigenvalue weighted by molar-refractivity contribution is 9.10. The maximum absolute atomic E-state index is 4.45. The molecule has 3 heteroatoms. The molecule has 1 saturated heterocycles. The van der Waals surface area contributed by atoms with Crippen LogP contribution in [0.1, 0.15) is 26.7 Å². The molecule has 0 atom stereocenters. The Morgan fingerprint density at radius 2 is 2.00 bits per heavy atom. The first-order valence-corrected chi connectivity index (χ1v) is 6.82. The van der Waals surface area contributed by atoms with Crippen LogP contribution in [0.4, 0.5) is 5.82 Å².